The molecule has 0 aromatic heterocycles. The van der Waals surface area contributed by atoms with Gasteiger partial charge in [-0.15, -0.1) is 0 Å². The molecule has 11 heteroatoms. The molecule has 1 saturated carbocycles. The number of halogens is 4. The van der Waals surface area contributed by atoms with Gasteiger partial charge >= 0.3 is 12.2 Å². The molecule has 0 bridgehead atoms. The van der Waals surface area contributed by atoms with Crippen molar-refractivity contribution in [1.82, 2.24) is 15.1 Å². The van der Waals surface area contributed by atoms with E-state index in [0.717, 1.165) is 25.0 Å². The second-order valence-electron chi connectivity index (χ2n) is 9.63. The Morgan fingerprint density at radius 3 is 2.70 bits per heavy atom. The molecule has 1 aromatic carbocycles. The first-order chi connectivity index (χ1) is 15.6. The highest BCUT2D eigenvalue weighted by Gasteiger charge is 2.54. The van der Waals surface area contributed by atoms with Crippen LogP contribution in [0.3, 0.4) is 0 Å². The Kier molecular flexibility index (Phi) is 5.42. The largest absolute Gasteiger partial charge is 0.490 e. The van der Waals surface area contributed by atoms with Crippen LogP contribution in [0.15, 0.2) is 18.2 Å². The summed E-state index contributed by atoms with van der Waals surface area (Å²) in [6.07, 6.45) is -2.30. The molecule has 33 heavy (non-hydrogen) atoms. The normalized spacial score (nSPS) is 26.8. The van der Waals surface area contributed by atoms with Crippen LogP contribution in [0.25, 0.3) is 0 Å². The van der Waals surface area contributed by atoms with Crippen molar-refractivity contribution < 1.29 is 36.6 Å². The topological polar surface area (TPSA) is 71.1 Å². The number of carbonyl (C=O) groups is 2. The van der Waals surface area contributed by atoms with E-state index in [-0.39, 0.29) is 54.4 Å². The molecule has 3 amide bonds. The van der Waals surface area contributed by atoms with Crippen LogP contribution in [0.4, 0.5) is 22.4 Å². The van der Waals surface area contributed by atoms with Gasteiger partial charge in [-0.25, -0.2) is 9.18 Å². The number of nitrogens with zero attached hydrogens (tertiary/aromatic N) is 2. The van der Waals surface area contributed by atoms with Crippen molar-refractivity contribution in [2.75, 3.05) is 39.4 Å². The summed E-state index contributed by atoms with van der Waals surface area (Å²) in [4.78, 5) is 28.0. The van der Waals surface area contributed by atoms with Gasteiger partial charge in [-0.3, -0.25) is 4.79 Å². The van der Waals surface area contributed by atoms with Crippen LogP contribution in [0.1, 0.15) is 24.8 Å². The lowest BCUT2D eigenvalue weighted by Crippen LogP contribution is -2.68. The molecule has 1 aliphatic carbocycles. The molecule has 5 rings (SSSR count). The molecule has 2 atom stereocenters. The number of ether oxygens (including phenoxy) is 2. The number of hydrogen-bond acceptors (Lipinski definition) is 4. The van der Waals surface area contributed by atoms with Crippen molar-refractivity contribution in [2.24, 2.45) is 11.3 Å². The number of urea groups is 1. The summed E-state index contributed by atoms with van der Waals surface area (Å²) in [6.45, 7) is 2.62. The van der Waals surface area contributed by atoms with Gasteiger partial charge in [0.25, 0.3) is 0 Å². The van der Waals surface area contributed by atoms with Crippen molar-refractivity contribution in [3.63, 3.8) is 0 Å². The van der Waals surface area contributed by atoms with E-state index in [2.05, 4.69) is 5.32 Å². The highest BCUT2D eigenvalue weighted by atomic mass is 19.4. The number of fused-ring (bicyclic) bond motifs is 1. The number of alkyl halides is 3. The van der Waals surface area contributed by atoms with Gasteiger partial charge in [0.1, 0.15) is 6.61 Å². The number of piperidine rings is 1. The second-order valence-corrected chi connectivity index (χ2v) is 9.63. The third-order valence-corrected chi connectivity index (χ3v) is 7.09. The quantitative estimate of drug-likeness (QED) is 0.689. The average molecular weight is 471 g/mol. The fourth-order valence-electron chi connectivity index (χ4n) is 5.52. The molecule has 0 unspecified atom stereocenters. The molecule has 1 spiro atoms. The number of hydrogen-bond donors (Lipinski definition) is 1. The summed E-state index contributed by atoms with van der Waals surface area (Å²) in [5.41, 5.74) is -1.00. The van der Waals surface area contributed by atoms with E-state index in [1.54, 1.807) is 9.80 Å². The Labute approximate surface area is 188 Å². The standard InChI is InChI=1S/C22H25F4N3O4/c23-15-5-14(22(24,25)26)1-2-17(15)32-9-13-6-21(7-13)11-29(12-21)20(31)28-4-3-18-16(8-28)27-19(30)10-33-18/h1-2,5,13,16,18H,3-4,6-12H2,(H,27,30)/t16-,18+/m1/s1. The highest BCUT2D eigenvalue weighted by molar-refractivity contribution is 5.79. The fraction of sp³-hybridized carbons (Fsp3) is 0.636. The number of likely N-dealkylation sites (tertiary alicyclic amines) is 2. The Morgan fingerprint density at radius 2 is 2.00 bits per heavy atom. The highest BCUT2D eigenvalue weighted by Crippen LogP contribution is 2.52. The van der Waals surface area contributed by atoms with Crippen LogP contribution in [-0.4, -0.2) is 73.3 Å². The molecule has 1 N–H and O–H groups in total. The summed E-state index contributed by atoms with van der Waals surface area (Å²) < 4.78 is 62.8. The van der Waals surface area contributed by atoms with E-state index in [0.29, 0.717) is 38.7 Å². The van der Waals surface area contributed by atoms with Crippen molar-refractivity contribution in [1.29, 1.82) is 0 Å². The van der Waals surface area contributed by atoms with E-state index in [1.807, 2.05) is 0 Å². The number of carbonyl (C=O) groups excluding carboxylic acids is 2. The molecule has 3 aliphatic heterocycles. The molecule has 4 aliphatic rings. The van der Waals surface area contributed by atoms with E-state index in [1.165, 1.54) is 0 Å². The average Bonchev–Trinajstić information content (AvgIpc) is 2.70. The van der Waals surface area contributed by atoms with Crippen LogP contribution in [0.2, 0.25) is 0 Å². The van der Waals surface area contributed by atoms with Crippen molar-refractivity contribution in [2.45, 2.75) is 37.6 Å². The summed E-state index contributed by atoms with van der Waals surface area (Å²) in [6, 6.07) is 2.06. The molecule has 180 valence electrons. The van der Waals surface area contributed by atoms with Gasteiger partial charge in [-0.2, -0.15) is 13.2 Å². The summed E-state index contributed by atoms with van der Waals surface area (Å²) >= 11 is 0. The molecule has 1 aromatic rings. The summed E-state index contributed by atoms with van der Waals surface area (Å²) in [5.74, 6) is -1.19. The number of benzene rings is 1. The van der Waals surface area contributed by atoms with Crippen LogP contribution >= 0.6 is 0 Å². The van der Waals surface area contributed by atoms with Gasteiger partial charge in [-0.1, -0.05) is 0 Å². The minimum absolute atomic E-state index is 0.0366. The maximum atomic E-state index is 13.9. The molecule has 3 heterocycles. The number of rotatable bonds is 3. The Balaban J connectivity index is 1.06. The summed E-state index contributed by atoms with van der Waals surface area (Å²) in [7, 11) is 0. The third kappa shape index (κ3) is 4.34. The van der Waals surface area contributed by atoms with Gasteiger partial charge in [0, 0.05) is 31.6 Å². The zero-order valence-electron chi connectivity index (χ0n) is 17.9. The Morgan fingerprint density at radius 1 is 1.24 bits per heavy atom. The lowest BCUT2D eigenvalue weighted by Gasteiger charge is -2.59. The van der Waals surface area contributed by atoms with Gasteiger partial charge in [0.2, 0.25) is 5.91 Å². The molecule has 0 radical (unpaired) electrons. The van der Waals surface area contributed by atoms with Crippen molar-refractivity contribution in [3.05, 3.63) is 29.6 Å². The van der Waals surface area contributed by atoms with Crippen LogP contribution < -0.4 is 10.1 Å². The number of morpholine rings is 1. The lowest BCUT2D eigenvalue weighted by molar-refractivity contribution is -0.140. The lowest BCUT2D eigenvalue weighted by atomic mass is 9.58. The van der Waals surface area contributed by atoms with E-state index in [9.17, 15) is 27.2 Å². The van der Waals surface area contributed by atoms with Crippen LogP contribution in [0.5, 0.6) is 5.75 Å². The minimum Gasteiger partial charge on any atom is -0.490 e. The molecular formula is C22H25F4N3O4. The van der Waals surface area contributed by atoms with Gasteiger partial charge < -0.3 is 24.6 Å². The number of amides is 3. The van der Waals surface area contributed by atoms with E-state index >= 15 is 0 Å². The van der Waals surface area contributed by atoms with Gasteiger partial charge in [0.15, 0.2) is 11.6 Å². The molecule has 3 saturated heterocycles. The van der Waals surface area contributed by atoms with E-state index in [4.69, 9.17) is 9.47 Å². The molecular weight excluding hydrogens is 446 g/mol. The Hall–Kier alpha value is -2.56. The van der Waals surface area contributed by atoms with E-state index < -0.39 is 17.6 Å². The predicted octanol–water partition coefficient (Wildman–Crippen LogP) is 2.64. The fourth-order valence-corrected chi connectivity index (χ4v) is 5.52. The van der Waals surface area contributed by atoms with Gasteiger partial charge in [0.05, 0.1) is 24.3 Å². The minimum atomic E-state index is -4.60. The third-order valence-electron chi connectivity index (χ3n) is 7.09. The zero-order valence-corrected chi connectivity index (χ0v) is 17.9. The molecule has 4 fully saturated rings. The first kappa shape index (κ1) is 22.2. The zero-order chi connectivity index (χ0) is 23.4. The summed E-state index contributed by atoms with van der Waals surface area (Å²) in [5, 5.41) is 2.89. The Bertz CT molecular complexity index is 942. The first-order valence-electron chi connectivity index (χ1n) is 11.1. The van der Waals surface area contributed by atoms with Crippen molar-refractivity contribution in [3.8, 4) is 5.75 Å². The second kappa shape index (κ2) is 8.03. The monoisotopic (exact) mass is 471 g/mol. The van der Waals surface area contributed by atoms with Crippen LogP contribution in [0, 0.1) is 17.2 Å². The van der Waals surface area contributed by atoms with Crippen molar-refractivity contribution >= 4 is 11.9 Å². The predicted molar refractivity (Wildman–Crippen MR) is 107 cm³/mol. The SMILES string of the molecule is O=C1CO[C@H]2CCN(C(=O)N3CC4(CC(COc5ccc(C(F)(F)F)cc5F)C4)C3)C[C@H]2N1. The number of nitrogens with one attached hydrogen (secondary N) is 1. The van der Waals surface area contributed by atoms with Crippen LogP contribution in [-0.2, 0) is 15.7 Å². The van der Waals surface area contributed by atoms with Gasteiger partial charge in [-0.05, 0) is 43.4 Å². The smallest absolute Gasteiger partial charge is 0.416 e. The maximum Gasteiger partial charge on any atom is 0.416 e. The maximum absolute atomic E-state index is 13.9. The first-order valence-corrected chi connectivity index (χ1v) is 11.1. The molecule has 7 nitrogen and oxygen atoms in total.